The molecule has 0 saturated carbocycles. The summed E-state index contributed by atoms with van der Waals surface area (Å²) >= 11 is 0. The Bertz CT molecular complexity index is 380. The third-order valence-corrected chi connectivity index (χ3v) is 3.19. The van der Waals surface area contributed by atoms with Crippen LogP contribution < -0.4 is 0 Å². The van der Waals surface area contributed by atoms with Crippen LogP contribution in [-0.4, -0.2) is 66.4 Å². The fraction of sp³-hybridized carbons (Fsp3) is 0.833. The molecule has 0 unspecified atom stereocenters. The standard InChI is InChI=1S/C12H22N4O2/c1-9(12-13-10(2)14-18-12)16-5-6-17-11(8-16)7-15(3)4/h9,11H,5-8H2,1-4H3/t9-,11-/m1/s1. The van der Waals surface area contributed by atoms with Crippen LogP contribution in [0.1, 0.15) is 24.7 Å². The lowest BCUT2D eigenvalue weighted by atomic mass is 10.2. The van der Waals surface area contributed by atoms with Crippen LogP contribution in [0.3, 0.4) is 0 Å². The molecule has 0 aliphatic carbocycles. The molecule has 0 aromatic carbocycles. The van der Waals surface area contributed by atoms with Gasteiger partial charge in [0.25, 0.3) is 0 Å². The normalized spacial score (nSPS) is 23.5. The van der Waals surface area contributed by atoms with Gasteiger partial charge in [-0.15, -0.1) is 0 Å². The van der Waals surface area contributed by atoms with E-state index in [1.54, 1.807) is 0 Å². The number of ether oxygens (including phenoxy) is 1. The minimum Gasteiger partial charge on any atom is -0.374 e. The van der Waals surface area contributed by atoms with Crippen molar-refractivity contribution in [2.45, 2.75) is 26.0 Å². The first kappa shape index (κ1) is 13.5. The highest BCUT2D eigenvalue weighted by Crippen LogP contribution is 2.21. The van der Waals surface area contributed by atoms with Crippen molar-refractivity contribution in [1.82, 2.24) is 19.9 Å². The Hall–Kier alpha value is -0.980. The molecular weight excluding hydrogens is 232 g/mol. The second-order valence-corrected chi connectivity index (χ2v) is 5.11. The third kappa shape index (κ3) is 3.28. The maximum Gasteiger partial charge on any atom is 0.243 e. The average Bonchev–Trinajstić information content (AvgIpc) is 2.74. The largest absolute Gasteiger partial charge is 0.374 e. The van der Waals surface area contributed by atoms with Crippen molar-refractivity contribution in [2.75, 3.05) is 40.3 Å². The summed E-state index contributed by atoms with van der Waals surface area (Å²) in [5, 5.41) is 3.85. The summed E-state index contributed by atoms with van der Waals surface area (Å²) in [6.07, 6.45) is 0.250. The molecule has 1 fully saturated rings. The van der Waals surface area contributed by atoms with Crippen LogP contribution in [-0.2, 0) is 4.74 Å². The van der Waals surface area contributed by atoms with Crippen molar-refractivity contribution in [3.8, 4) is 0 Å². The van der Waals surface area contributed by atoms with Crippen LogP contribution in [0.25, 0.3) is 0 Å². The summed E-state index contributed by atoms with van der Waals surface area (Å²) in [5.74, 6) is 1.38. The average molecular weight is 254 g/mol. The van der Waals surface area contributed by atoms with Crippen molar-refractivity contribution in [2.24, 2.45) is 0 Å². The smallest absolute Gasteiger partial charge is 0.243 e. The Labute approximate surface area is 108 Å². The highest BCUT2D eigenvalue weighted by molar-refractivity contribution is 4.92. The minimum absolute atomic E-state index is 0.153. The molecular formula is C12H22N4O2. The number of nitrogens with zero attached hydrogens (tertiary/aromatic N) is 4. The number of rotatable bonds is 4. The molecule has 6 heteroatoms. The minimum atomic E-state index is 0.153. The van der Waals surface area contributed by atoms with E-state index in [9.17, 15) is 0 Å². The van der Waals surface area contributed by atoms with E-state index in [0.717, 1.165) is 26.2 Å². The van der Waals surface area contributed by atoms with Crippen LogP contribution >= 0.6 is 0 Å². The molecule has 18 heavy (non-hydrogen) atoms. The molecule has 0 N–H and O–H groups in total. The van der Waals surface area contributed by atoms with Crippen molar-refractivity contribution >= 4 is 0 Å². The second kappa shape index (κ2) is 5.77. The second-order valence-electron chi connectivity index (χ2n) is 5.11. The Balaban J connectivity index is 1.95. The van der Waals surface area contributed by atoms with Crippen LogP contribution in [0, 0.1) is 6.92 Å². The van der Waals surface area contributed by atoms with E-state index in [2.05, 4.69) is 41.0 Å². The van der Waals surface area contributed by atoms with Crippen LogP contribution in [0.5, 0.6) is 0 Å². The van der Waals surface area contributed by atoms with Crippen LogP contribution in [0.4, 0.5) is 0 Å². The number of morpholine rings is 1. The highest BCUT2D eigenvalue weighted by Gasteiger charge is 2.27. The topological polar surface area (TPSA) is 54.6 Å². The summed E-state index contributed by atoms with van der Waals surface area (Å²) in [4.78, 5) is 8.79. The Morgan fingerprint density at radius 2 is 2.28 bits per heavy atom. The van der Waals surface area contributed by atoms with Gasteiger partial charge in [0, 0.05) is 19.6 Å². The van der Waals surface area contributed by atoms with Gasteiger partial charge in [0.15, 0.2) is 5.82 Å². The maximum atomic E-state index is 5.76. The molecule has 2 rings (SSSR count). The predicted molar refractivity (Wildman–Crippen MR) is 67.3 cm³/mol. The molecule has 1 aliphatic rings. The lowest BCUT2D eigenvalue weighted by Gasteiger charge is -2.36. The van der Waals surface area contributed by atoms with Crippen molar-refractivity contribution in [3.05, 3.63) is 11.7 Å². The van der Waals surface area contributed by atoms with E-state index >= 15 is 0 Å². The Morgan fingerprint density at radius 3 is 2.89 bits per heavy atom. The zero-order valence-corrected chi connectivity index (χ0v) is 11.6. The summed E-state index contributed by atoms with van der Waals surface area (Å²) in [6.45, 7) is 7.45. The van der Waals surface area contributed by atoms with Gasteiger partial charge in [0.1, 0.15) is 0 Å². The molecule has 0 amide bonds. The maximum absolute atomic E-state index is 5.76. The van der Waals surface area contributed by atoms with Gasteiger partial charge in [-0.05, 0) is 27.9 Å². The monoisotopic (exact) mass is 254 g/mol. The first-order chi connectivity index (χ1) is 8.56. The van der Waals surface area contributed by atoms with Gasteiger partial charge in [-0.3, -0.25) is 4.90 Å². The molecule has 6 nitrogen and oxygen atoms in total. The number of hydrogen-bond acceptors (Lipinski definition) is 6. The number of likely N-dealkylation sites (N-methyl/N-ethyl adjacent to an activating group) is 1. The Morgan fingerprint density at radius 1 is 1.50 bits per heavy atom. The molecule has 1 saturated heterocycles. The molecule has 2 atom stereocenters. The molecule has 102 valence electrons. The summed E-state index contributed by atoms with van der Waals surface area (Å²) in [6, 6.07) is 0.153. The Kier molecular flexibility index (Phi) is 4.31. The van der Waals surface area contributed by atoms with Gasteiger partial charge < -0.3 is 14.2 Å². The molecule has 1 aliphatic heterocycles. The number of hydrogen-bond donors (Lipinski definition) is 0. The number of aryl methyl sites for hydroxylation is 1. The van der Waals surface area contributed by atoms with E-state index in [4.69, 9.17) is 9.26 Å². The van der Waals surface area contributed by atoms with Crippen LogP contribution in [0.2, 0.25) is 0 Å². The third-order valence-electron chi connectivity index (χ3n) is 3.19. The molecule has 1 aromatic heterocycles. The first-order valence-corrected chi connectivity index (χ1v) is 6.37. The van der Waals surface area contributed by atoms with Crippen molar-refractivity contribution in [3.63, 3.8) is 0 Å². The molecule has 0 spiro atoms. The lowest BCUT2D eigenvalue weighted by molar-refractivity contribution is -0.0533. The number of aromatic nitrogens is 2. The van der Waals surface area contributed by atoms with Crippen LogP contribution in [0.15, 0.2) is 4.52 Å². The summed E-state index contributed by atoms with van der Waals surface area (Å²) in [5.41, 5.74) is 0. The summed E-state index contributed by atoms with van der Waals surface area (Å²) in [7, 11) is 4.13. The highest BCUT2D eigenvalue weighted by atomic mass is 16.5. The van der Waals surface area contributed by atoms with Crippen molar-refractivity contribution in [1.29, 1.82) is 0 Å². The van der Waals surface area contributed by atoms with Gasteiger partial charge >= 0.3 is 0 Å². The van der Waals surface area contributed by atoms with E-state index in [-0.39, 0.29) is 12.1 Å². The summed E-state index contributed by atoms with van der Waals surface area (Å²) < 4.78 is 11.0. The molecule has 0 bridgehead atoms. The first-order valence-electron chi connectivity index (χ1n) is 6.37. The van der Waals surface area contributed by atoms with E-state index < -0.39 is 0 Å². The van der Waals surface area contributed by atoms with Gasteiger partial charge in [-0.1, -0.05) is 5.16 Å². The van der Waals surface area contributed by atoms with Gasteiger partial charge in [-0.2, -0.15) is 4.98 Å². The zero-order chi connectivity index (χ0) is 13.1. The lowest BCUT2D eigenvalue weighted by Crippen LogP contribution is -2.47. The van der Waals surface area contributed by atoms with E-state index in [1.807, 2.05) is 6.92 Å². The van der Waals surface area contributed by atoms with E-state index in [0.29, 0.717) is 11.7 Å². The van der Waals surface area contributed by atoms with E-state index in [1.165, 1.54) is 0 Å². The van der Waals surface area contributed by atoms with Gasteiger partial charge in [0.05, 0.1) is 18.8 Å². The fourth-order valence-electron chi connectivity index (χ4n) is 2.25. The molecule has 1 aromatic rings. The molecule has 2 heterocycles. The predicted octanol–water partition coefficient (Wildman–Crippen LogP) is 0.701. The SMILES string of the molecule is Cc1noc([C@@H](C)N2CCO[C@H](CN(C)C)C2)n1. The van der Waals surface area contributed by atoms with Crippen molar-refractivity contribution < 1.29 is 9.26 Å². The van der Waals surface area contributed by atoms with Gasteiger partial charge in [0.2, 0.25) is 5.89 Å². The fourth-order valence-corrected chi connectivity index (χ4v) is 2.25. The van der Waals surface area contributed by atoms with Gasteiger partial charge in [-0.25, -0.2) is 0 Å². The quantitative estimate of drug-likeness (QED) is 0.788. The molecule has 0 radical (unpaired) electrons. The zero-order valence-electron chi connectivity index (χ0n) is 11.6.